The Hall–Kier alpha value is -0.780. The average Bonchev–Trinajstić information content (AvgIpc) is 2.14. The molecule has 0 unspecified atom stereocenters. The van der Waals surface area contributed by atoms with E-state index in [0.29, 0.717) is 0 Å². The van der Waals surface area contributed by atoms with Crippen LogP contribution in [0.15, 0.2) is 0 Å². The Labute approximate surface area is 105 Å². The molecule has 0 aromatic carbocycles. The van der Waals surface area contributed by atoms with Crippen molar-refractivity contribution in [2.75, 3.05) is 23.3 Å². The lowest BCUT2D eigenvalue weighted by Crippen LogP contribution is -2.30. The second-order valence-electron chi connectivity index (χ2n) is 3.97. The minimum Gasteiger partial charge on any atom is -0.481 e. The minimum absolute atomic E-state index is 0.185. The summed E-state index contributed by atoms with van der Waals surface area (Å²) in [4.78, 5) is 13.6. The molecule has 0 amide bonds. The molecule has 0 bridgehead atoms. The van der Waals surface area contributed by atoms with Crippen molar-refractivity contribution < 1.29 is 23.1 Å². The van der Waals surface area contributed by atoms with Crippen LogP contribution >= 0.6 is 11.8 Å². The Bertz CT molecular complexity index is 396. The van der Waals surface area contributed by atoms with E-state index in [-0.39, 0.29) is 17.4 Å². The summed E-state index contributed by atoms with van der Waals surface area (Å²) in [5.41, 5.74) is -0.751. The molecule has 0 spiro atoms. The SMILES string of the molecule is C#[N+]CC(C)(C)OCS(=O)(=O)CSCC(=O)O. The van der Waals surface area contributed by atoms with Gasteiger partial charge in [0.05, 0.1) is 10.8 Å². The zero-order valence-corrected chi connectivity index (χ0v) is 11.4. The molecule has 0 aliphatic heterocycles. The van der Waals surface area contributed by atoms with Gasteiger partial charge in [0, 0.05) is 0 Å². The van der Waals surface area contributed by atoms with Crippen molar-refractivity contribution in [3.63, 3.8) is 0 Å². The summed E-state index contributed by atoms with van der Waals surface area (Å²) >= 11 is 0.817. The van der Waals surface area contributed by atoms with Crippen LogP contribution in [-0.4, -0.2) is 48.4 Å². The first-order valence-corrected chi connectivity index (χ1v) is 7.67. The van der Waals surface area contributed by atoms with E-state index in [1.54, 1.807) is 13.8 Å². The van der Waals surface area contributed by atoms with Gasteiger partial charge >= 0.3 is 5.97 Å². The molecule has 0 radical (unpaired) electrons. The molecule has 0 aromatic heterocycles. The van der Waals surface area contributed by atoms with Crippen LogP contribution in [0.25, 0.3) is 4.85 Å². The molecule has 0 atom stereocenters. The molecule has 0 aliphatic rings. The Morgan fingerprint density at radius 1 is 1.53 bits per heavy atom. The van der Waals surface area contributed by atoms with Crippen LogP contribution in [0.4, 0.5) is 0 Å². The van der Waals surface area contributed by atoms with Gasteiger partial charge in [0.25, 0.3) is 13.1 Å². The topological polar surface area (TPSA) is 85.0 Å². The summed E-state index contributed by atoms with van der Waals surface area (Å²) in [7, 11) is -3.43. The van der Waals surface area contributed by atoms with Crippen LogP contribution in [-0.2, 0) is 19.4 Å². The quantitative estimate of drug-likeness (QED) is 0.711. The third kappa shape index (κ3) is 8.97. The summed E-state index contributed by atoms with van der Waals surface area (Å²) in [6.07, 6.45) is 0. The molecule has 0 saturated heterocycles. The maximum Gasteiger partial charge on any atom is 0.313 e. The lowest BCUT2D eigenvalue weighted by atomic mass is 10.1. The van der Waals surface area contributed by atoms with Crippen LogP contribution in [0.2, 0.25) is 0 Å². The summed E-state index contributed by atoms with van der Waals surface area (Å²) in [6, 6.07) is 0. The molecule has 6 nitrogen and oxygen atoms in total. The molecular weight excluding hydrogens is 266 g/mol. The zero-order valence-electron chi connectivity index (χ0n) is 9.75. The number of nitrogens with zero attached hydrogens (tertiary/aromatic N) is 1. The van der Waals surface area contributed by atoms with Crippen molar-refractivity contribution in [3.05, 3.63) is 4.85 Å². The first-order chi connectivity index (χ1) is 7.68. The molecule has 98 valence electrons. The van der Waals surface area contributed by atoms with Gasteiger partial charge in [-0.05, 0) is 13.8 Å². The van der Waals surface area contributed by atoms with Crippen LogP contribution in [0.1, 0.15) is 13.8 Å². The Morgan fingerprint density at radius 3 is 2.59 bits per heavy atom. The van der Waals surface area contributed by atoms with Gasteiger partial charge < -0.3 is 9.84 Å². The number of thioether (sulfide) groups is 1. The third-order valence-corrected chi connectivity index (χ3v) is 4.62. The van der Waals surface area contributed by atoms with E-state index in [0.717, 1.165) is 11.8 Å². The van der Waals surface area contributed by atoms with E-state index < -0.39 is 27.3 Å². The summed E-state index contributed by atoms with van der Waals surface area (Å²) in [5, 5.41) is 8.08. The van der Waals surface area contributed by atoms with Gasteiger partial charge in [0.1, 0.15) is 11.5 Å². The van der Waals surface area contributed by atoms with Crippen molar-refractivity contribution in [3.8, 4) is 6.57 Å². The number of hydrogen-bond donors (Lipinski definition) is 1. The van der Waals surface area contributed by atoms with Gasteiger partial charge in [-0.25, -0.2) is 8.42 Å². The van der Waals surface area contributed by atoms with E-state index in [9.17, 15) is 13.2 Å². The largest absolute Gasteiger partial charge is 0.481 e. The van der Waals surface area contributed by atoms with Crippen LogP contribution in [0, 0.1) is 6.57 Å². The molecule has 1 N–H and O–H groups in total. The first-order valence-electron chi connectivity index (χ1n) is 4.69. The fourth-order valence-corrected chi connectivity index (χ4v) is 3.10. The van der Waals surface area contributed by atoms with Crippen LogP contribution in [0.5, 0.6) is 0 Å². The minimum atomic E-state index is -3.43. The van der Waals surface area contributed by atoms with Gasteiger partial charge in [-0.3, -0.25) is 4.79 Å². The Balaban J connectivity index is 4.11. The van der Waals surface area contributed by atoms with E-state index >= 15 is 0 Å². The van der Waals surface area contributed by atoms with E-state index in [2.05, 4.69) is 4.85 Å². The Kier molecular flexibility index (Phi) is 6.52. The van der Waals surface area contributed by atoms with Gasteiger partial charge in [-0.15, -0.1) is 11.8 Å². The molecule has 8 heteroatoms. The highest BCUT2D eigenvalue weighted by molar-refractivity contribution is 8.12. The maximum absolute atomic E-state index is 11.5. The third-order valence-electron chi connectivity index (χ3n) is 1.59. The molecule has 0 saturated carbocycles. The number of carboxylic acids is 1. The predicted octanol–water partition coefficient (Wildman–Crippen LogP) is 0.892. The molecule has 0 fully saturated rings. The van der Waals surface area contributed by atoms with Crippen molar-refractivity contribution in [1.82, 2.24) is 0 Å². The molecule has 17 heavy (non-hydrogen) atoms. The predicted molar refractivity (Wildman–Crippen MR) is 67.1 cm³/mol. The first kappa shape index (κ1) is 16.2. The van der Waals surface area contributed by atoms with Crippen molar-refractivity contribution >= 4 is 27.6 Å². The van der Waals surface area contributed by atoms with Crippen molar-refractivity contribution in [2.24, 2.45) is 0 Å². The fourth-order valence-electron chi connectivity index (χ4n) is 0.805. The van der Waals surface area contributed by atoms with E-state index in [4.69, 9.17) is 16.4 Å². The van der Waals surface area contributed by atoms with Crippen LogP contribution < -0.4 is 0 Å². The molecule has 0 heterocycles. The summed E-state index contributed by atoms with van der Waals surface area (Å²) in [5.74, 6) is -1.77. The highest BCUT2D eigenvalue weighted by atomic mass is 32.3. The summed E-state index contributed by atoms with van der Waals surface area (Å²) < 4.78 is 28.1. The zero-order chi connectivity index (χ0) is 13.5. The Morgan fingerprint density at radius 2 is 2.12 bits per heavy atom. The molecular formula is C9H16NO5S2+. The summed E-state index contributed by atoms with van der Waals surface area (Å²) in [6.45, 7) is 8.52. The van der Waals surface area contributed by atoms with Gasteiger partial charge in [-0.1, -0.05) is 4.85 Å². The van der Waals surface area contributed by atoms with Gasteiger partial charge in [0.15, 0.2) is 9.84 Å². The molecule has 0 rings (SSSR count). The number of ether oxygens (including phenoxy) is 1. The van der Waals surface area contributed by atoms with Crippen molar-refractivity contribution in [2.45, 2.75) is 19.4 Å². The number of carboxylic acid groups (broad SMARTS) is 1. The standard InChI is InChI=1S/C9H15NO5S2/c1-9(2,5-10-3)15-6-17(13,14)7-16-4-8(11)12/h3H,4-7H2,1-2H3/p+1. The van der Waals surface area contributed by atoms with Gasteiger partial charge in [-0.2, -0.15) is 0 Å². The second kappa shape index (κ2) is 6.83. The second-order valence-corrected chi connectivity index (χ2v) is 7.33. The highest BCUT2D eigenvalue weighted by Gasteiger charge is 2.26. The average molecular weight is 282 g/mol. The highest BCUT2D eigenvalue weighted by Crippen LogP contribution is 2.13. The van der Waals surface area contributed by atoms with Crippen molar-refractivity contribution in [1.29, 1.82) is 0 Å². The maximum atomic E-state index is 11.5. The number of carbonyl (C=O) groups is 1. The van der Waals surface area contributed by atoms with E-state index in [1.165, 1.54) is 0 Å². The van der Waals surface area contributed by atoms with Crippen LogP contribution in [0.3, 0.4) is 0 Å². The smallest absolute Gasteiger partial charge is 0.313 e. The molecule has 0 aliphatic carbocycles. The number of rotatable bonds is 8. The van der Waals surface area contributed by atoms with E-state index in [1.807, 2.05) is 0 Å². The lowest BCUT2D eigenvalue weighted by Gasteiger charge is -2.17. The number of hydrogen-bond acceptors (Lipinski definition) is 5. The monoisotopic (exact) mass is 282 g/mol. The number of aliphatic carboxylic acids is 1. The fraction of sp³-hybridized carbons (Fsp3) is 0.778. The normalized spacial score (nSPS) is 12.1. The lowest BCUT2D eigenvalue weighted by molar-refractivity contribution is -0.133. The number of sulfone groups is 1. The molecule has 0 aromatic rings. The van der Waals surface area contributed by atoms with Gasteiger partial charge in [0.2, 0.25) is 0 Å².